The molecule has 0 fully saturated rings. The number of aryl methyl sites for hydroxylation is 2. The Hall–Kier alpha value is -2.88. The van der Waals surface area contributed by atoms with Gasteiger partial charge in [0, 0.05) is 19.4 Å². The highest BCUT2D eigenvalue weighted by Crippen LogP contribution is 2.20. The van der Waals surface area contributed by atoms with Gasteiger partial charge in [0.25, 0.3) is 0 Å². The van der Waals surface area contributed by atoms with E-state index in [0.717, 1.165) is 22.5 Å². The molecule has 1 heterocycles. The Labute approximate surface area is 142 Å². The molecule has 0 aliphatic heterocycles. The van der Waals surface area contributed by atoms with Crippen LogP contribution in [0.15, 0.2) is 67.0 Å². The molecular formula is C20H21N3O. The Morgan fingerprint density at radius 2 is 1.83 bits per heavy atom. The van der Waals surface area contributed by atoms with E-state index in [1.54, 1.807) is 6.20 Å². The van der Waals surface area contributed by atoms with Crippen molar-refractivity contribution >= 4 is 5.91 Å². The van der Waals surface area contributed by atoms with Crippen LogP contribution in [0.1, 0.15) is 28.6 Å². The first-order chi connectivity index (χ1) is 11.6. The molecule has 4 heteroatoms. The maximum absolute atomic E-state index is 12.6. The predicted octanol–water partition coefficient (Wildman–Crippen LogP) is 3.18. The second kappa shape index (κ2) is 7.13. The summed E-state index contributed by atoms with van der Waals surface area (Å²) in [7, 11) is 1.94. The second-order valence-electron chi connectivity index (χ2n) is 5.91. The fourth-order valence-corrected chi connectivity index (χ4v) is 2.79. The van der Waals surface area contributed by atoms with Crippen LogP contribution in [0.4, 0.5) is 0 Å². The van der Waals surface area contributed by atoms with Gasteiger partial charge in [0.1, 0.15) is 11.9 Å². The standard InChI is InChI=1S/C20H21N3O/c1-15-8-6-7-11-17(15)14-18(24)22-19(16-9-4-3-5-10-16)20-21-12-13-23(20)2/h3-13,19H,14H2,1-2H3,(H,22,24). The van der Waals surface area contributed by atoms with Gasteiger partial charge in [-0.2, -0.15) is 0 Å². The van der Waals surface area contributed by atoms with Crippen LogP contribution >= 0.6 is 0 Å². The topological polar surface area (TPSA) is 46.9 Å². The molecule has 0 radical (unpaired) electrons. The smallest absolute Gasteiger partial charge is 0.225 e. The third kappa shape index (κ3) is 3.54. The lowest BCUT2D eigenvalue weighted by Crippen LogP contribution is -2.32. The van der Waals surface area contributed by atoms with Gasteiger partial charge >= 0.3 is 0 Å². The summed E-state index contributed by atoms with van der Waals surface area (Å²) >= 11 is 0. The fourth-order valence-electron chi connectivity index (χ4n) is 2.79. The van der Waals surface area contributed by atoms with Crippen LogP contribution in [0.2, 0.25) is 0 Å². The molecule has 1 N–H and O–H groups in total. The molecule has 0 aliphatic rings. The third-order valence-electron chi connectivity index (χ3n) is 4.17. The van der Waals surface area contributed by atoms with Crippen LogP contribution in [0.3, 0.4) is 0 Å². The highest BCUT2D eigenvalue weighted by atomic mass is 16.1. The first-order valence-electron chi connectivity index (χ1n) is 8.01. The lowest BCUT2D eigenvalue weighted by Gasteiger charge is -2.19. The van der Waals surface area contributed by atoms with Gasteiger partial charge in [-0.05, 0) is 23.6 Å². The number of hydrogen-bond donors (Lipinski definition) is 1. The summed E-state index contributed by atoms with van der Waals surface area (Å²) in [5.41, 5.74) is 3.19. The number of nitrogens with zero attached hydrogens (tertiary/aromatic N) is 2. The number of carbonyl (C=O) groups excluding carboxylic acids is 1. The van der Waals surface area contributed by atoms with E-state index < -0.39 is 0 Å². The average molecular weight is 319 g/mol. The van der Waals surface area contributed by atoms with Gasteiger partial charge < -0.3 is 9.88 Å². The van der Waals surface area contributed by atoms with Gasteiger partial charge in [-0.25, -0.2) is 4.98 Å². The minimum Gasteiger partial charge on any atom is -0.342 e. The van der Waals surface area contributed by atoms with Gasteiger partial charge in [0.05, 0.1) is 6.42 Å². The first-order valence-corrected chi connectivity index (χ1v) is 8.01. The molecule has 3 aromatic rings. The van der Waals surface area contributed by atoms with Crippen LogP contribution in [0.25, 0.3) is 0 Å². The summed E-state index contributed by atoms with van der Waals surface area (Å²) in [5.74, 6) is 0.806. The number of imidazole rings is 1. The minimum atomic E-state index is -0.261. The summed E-state index contributed by atoms with van der Waals surface area (Å²) < 4.78 is 1.94. The molecule has 2 aromatic carbocycles. The van der Waals surface area contributed by atoms with E-state index in [-0.39, 0.29) is 11.9 Å². The fraction of sp³-hybridized carbons (Fsp3) is 0.200. The first kappa shape index (κ1) is 16.0. The van der Waals surface area contributed by atoms with Crippen LogP contribution < -0.4 is 5.32 Å². The van der Waals surface area contributed by atoms with Crippen molar-refractivity contribution in [3.8, 4) is 0 Å². The van der Waals surface area contributed by atoms with Gasteiger partial charge in [-0.3, -0.25) is 4.79 Å². The van der Waals surface area contributed by atoms with E-state index >= 15 is 0 Å². The average Bonchev–Trinajstić information content (AvgIpc) is 3.01. The second-order valence-corrected chi connectivity index (χ2v) is 5.91. The van der Waals surface area contributed by atoms with E-state index in [2.05, 4.69) is 10.3 Å². The Morgan fingerprint density at radius 1 is 1.12 bits per heavy atom. The van der Waals surface area contributed by atoms with Gasteiger partial charge in [-0.15, -0.1) is 0 Å². The van der Waals surface area contributed by atoms with E-state index in [4.69, 9.17) is 0 Å². The largest absolute Gasteiger partial charge is 0.342 e. The highest BCUT2D eigenvalue weighted by Gasteiger charge is 2.20. The Kier molecular flexibility index (Phi) is 4.75. The number of amides is 1. The number of rotatable bonds is 5. The van der Waals surface area contributed by atoms with E-state index in [0.29, 0.717) is 6.42 Å². The monoisotopic (exact) mass is 319 g/mol. The third-order valence-corrected chi connectivity index (χ3v) is 4.17. The quantitative estimate of drug-likeness (QED) is 0.785. The summed E-state index contributed by atoms with van der Waals surface area (Å²) in [6, 6.07) is 17.6. The van der Waals surface area contributed by atoms with Crippen molar-refractivity contribution in [3.63, 3.8) is 0 Å². The van der Waals surface area contributed by atoms with Crippen LogP contribution in [-0.4, -0.2) is 15.5 Å². The Bertz CT molecular complexity index is 824. The number of aromatic nitrogens is 2. The van der Waals surface area contributed by atoms with Gasteiger partial charge in [-0.1, -0.05) is 54.6 Å². The van der Waals surface area contributed by atoms with E-state index in [1.807, 2.05) is 79.3 Å². The van der Waals surface area contributed by atoms with Crippen molar-refractivity contribution in [1.82, 2.24) is 14.9 Å². The Morgan fingerprint density at radius 3 is 2.50 bits per heavy atom. The molecular weight excluding hydrogens is 298 g/mol. The number of carbonyl (C=O) groups is 1. The molecule has 1 amide bonds. The van der Waals surface area contributed by atoms with Crippen molar-refractivity contribution in [2.24, 2.45) is 7.05 Å². The molecule has 24 heavy (non-hydrogen) atoms. The molecule has 0 aliphatic carbocycles. The zero-order valence-electron chi connectivity index (χ0n) is 13.9. The molecule has 1 atom stereocenters. The molecule has 4 nitrogen and oxygen atoms in total. The summed E-state index contributed by atoms with van der Waals surface area (Å²) in [6.07, 6.45) is 4.00. The number of nitrogens with one attached hydrogen (secondary N) is 1. The summed E-state index contributed by atoms with van der Waals surface area (Å²) in [4.78, 5) is 17.0. The van der Waals surface area contributed by atoms with Crippen molar-refractivity contribution in [3.05, 3.63) is 89.5 Å². The zero-order valence-corrected chi connectivity index (χ0v) is 13.9. The van der Waals surface area contributed by atoms with Crippen molar-refractivity contribution in [1.29, 1.82) is 0 Å². The molecule has 0 saturated carbocycles. The zero-order chi connectivity index (χ0) is 16.9. The van der Waals surface area contributed by atoms with Crippen LogP contribution in [0.5, 0.6) is 0 Å². The van der Waals surface area contributed by atoms with Crippen molar-refractivity contribution < 1.29 is 4.79 Å². The maximum Gasteiger partial charge on any atom is 0.225 e. The molecule has 1 aromatic heterocycles. The van der Waals surface area contributed by atoms with Crippen LogP contribution in [0, 0.1) is 6.92 Å². The van der Waals surface area contributed by atoms with Crippen LogP contribution in [-0.2, 0) is 18.3 Å². The molecule has 0 bridgehead atoms. The lowest BCUT2D eigenvalue weighted by atomic mass is 10.0. The highest BCUT2D eigenvalue weighted by molar-refractivity contribution is 5.79. The summed E-state index contributed by atoms with van der Waals surface area (Å²) in [6.45, 7) is 2.02. The van der Waals surface area contributed by atoms with Crippen molar-refractivity contribution in [2.45, 2.75) is 19.4 Å². The molecule has 0 spiro atoms. The minimum absolute atomic E-state index is 0.0128. The SMILES string of the molecule is Cc1ccccc1CC(=O)NC(c1ccccc1)c1nccn1C. The lowest BCUT2D eigenvalue weighted by molar-refractivity contribution is -0.121. The number of hydrogen-bond acceptors (Lipinski definition) is 2. The number of benzene rings is 2. The Balaban J connectivity index is 1.84. The van der Waals surface area contributed by atoms with E-state index in [1.165, 1.54) is 0 Å². The summed E-state index contributed by atoms with van der Waals surface area (Å²) in [5, 5.41) is 3.13. The van der Waals surface area contributed by atoms with E-state index in [9.17, 15) is 4.79 Å². The van der Waals surface area contributed by atoms with Crippen molar-refractivity contribution in [2.75, 3.05) is 0 Å². The molecule has 1 unspecified atom stereocenters. The molecule has 0 saturated heterocycles. The van der Waals surface area contributed by atoms with Gasteiger partial charge in [0.2, 0.25) is 5.91 Å². The molecule has 3 rings (SSSR count). The predicted molar refractivity (Wildman–Crippen MR) is 94.5 cm³/mol. The normalized spacial score (nSPS) is 11.9. The molecule has 122 valence electrons. The maximum atomic E-state index is 12.6. The van der Waals surface area contributed by atoms with Gasteiger partial charge in [0.15, 0.2) is 0 Å².